The average Bonchev–Trinajstić information content (AvgIpc) is 3.42. The molecule has 0 saturated carbocycles. The molecule has 0 aliphatic rings. The molecular weight excluding hydrogens is 556 g/mol. The fraction of sp³-hybridized carbons (Fsp3) is 0.486. The third-order valence-electron chi connectivity index (χ3n) is 8.42. The summed E-state index contributed by atoms with van der Waals surface area (Å²) in [6, 6.07) is 14.8. The minimum atomic E-state index is -2.20. The van der Waals surface area contributed by atoms with Gasteiger partial charge < -0.3 is 18.6 Å². The summed E-state index contributed by atoms with van der Waals surface area (Å²) in [5.74, 6) is 1.31. The number of hydrogen-bond donors (Lipinski definition) is 0. The number of rotatable bonds is 15. The number of carbonyl (C=O) groups excluding carboxylic acids is 1. The van der Waals surface area contributed by atoms with Gasteiger partial charge in [-0.05, 0) is 80.6 Å². The van der Waals surface area contributed by atoms with Crippen LogP contribution in [0.2, 0.25) is 18.1 Å². The molecule has 7 nitrogen and oxygen atoms in total. The number of carbonyl (C=O) groups is 1. The van der Waals surface area contributed by atoms with E-state index in [1.807, 2.05) is 17.8 Å². The lowest BCUT2D eigenvalue weighted by Crippen LogP contribution is -2.43. The summed E-state index contributed by atoms with van der Waals surface area (Å²) in [7, 11) is 1.19. The molecule has 3 rings (SSSR count). The Bertz CT molecular complexity index is 1320. The van der Waals surface area contributed by atoms with Gasteiger partial charge in [-0.25, -0.2) is 4.79 Å². The number of aryl methyl sites for hydroxylation is 1. The van der Waals surface area contributed by atoms with Gasteiger partial charge in [0.15, 0.2) is 8.32 Å². The lowest BCUT2D eigenvalue weighted by atomic mass is 9.89. The molecule has 0 bridgehead atoms. The Morgan fingerprint density at radius 1 is 1.07 bits per heavy atom. The first-order chi connectivity index (χ1) is 20.4. The zero-order valence-corrected chi connectivity index (χ0v) is 28.5. The van der Waals surface area contributed by atoms with E-state index < -0.39 is 8.32 Å². The summed E-state index contributed by atoms with van der Waals surface area (Å²) in [6.07, 6.45) is 9.64. The molecular formula is C35H50N2O5Si. The van der Waals surface area contributed by atoms with Crippen molar-refractivity contribution in [2.45, 2.75) is 84.7 Å². The molecule has 0 amide bonds. The van der Waals surface area contributed by atoms with Gasteiger partial charge in [-0.1, -0.05) is 51.1 Å². The van der Waals surface area contributed by atoms with Crippen molar-refractivity contribution in [2.24, 2.45) is 5.92 Å². The van der Waals surface area contributed by atoms with Gasteiger partial charge in [0.25, 0.3) is 0 Å². The number of benzene rings is 2. The predicted molar refractivity (Wildman–Crippen MR) is 176 cm³/mol. The Morgan fingerprint density at radius 3 is 2.30 bits per heavy atom. The molecule has 0 fully saturated rings. The first-order valence-corrected chi connectivity index (χ1v) is 18.1. The van der Waals surface area contributed by atoms with Crippen molar-refractivity contribution in [3.05, 3.63) is 83.2 Å². The van der Waals surface area contributed by atoms with Gasteiger partial charge in [0.2, 0.25) is 0 Å². The minimum absolute atomic E-state index is 0.0233. The number of esters is 1. The van der Waals surface area contributed by atoms with Crippen LogP contribution in [0.15, 0.2) is 60.9 Å². The standard InChI is InChI=1S/C35H50N2O5Si/c1-10-41-33(38)20-19-28-23-36-37(24-28)25-29(18-14-17-27-15-12-11-13-16-27)34(42-43(8,9)35(3,4)5)30-21-31(39-6)26(2)32(22-30)40-7/h11-13,15-16,19-24,29,34H,10,14,17-18,25H2,1-9H3/b20-19+/t29-,34-/m0/s1. The van der Waals surface area contributed by atoms with Crippen LogP contribution in [0, 0.1) is 12.8 Å². The normalized spacial score (nSPS) is 13.6. The number of nitrogens with zero attached hydrogens (tertiary/aromatic N) is 2. The summed E-state index contributed by atoms with van der Waals surface area (Å²) in [4.78, 5) is 11.9. The molecule has 1 aromatic heterocycles. The molecule has 0 unspecified atom stereocenters. The van der Waals surface area contributed by atoms with Crippen LogP contribution in [-0.4, -0.2) is 44.9 Å². The van der Waals surface area contributed by atoms with E-state index in [1.165, 1.54) is 11.6 Å². The minimum Gasteiger partial charge on any atom is -0.496 e. The van der Waals surface area contributed by atoms with E-state index in [9.17, 15) is 4.79 Å². The number of ether oxygens (including phenoxy) is 3. The van der Waals surface area contributed by atoms with Crippen molar-refractivity contribution in [1.29, 1.82) is 0 Å². The first-order valence-electron chi connectivity index (χ1n) is 15.2. The van der Waals surface area contributed by atoms with E-state index in [4.69, 9.17) is 18.6 Å². The molecule has 234 valence electrons. The Morgan fingerprint density at radius 2 is 1.72 bits per heavy atom. The van der Waals surface area contributed by atoms with Crippen LogP contribution in [-0.2, 0) is 26.9 Å². The van der Waals surface area contributed by atoms with Gasteiger partial charge in [-0.15, -0.1) is 0 Å². The maximum atomic E-state index is 11.9. The maximum Gasteiger partial charge on any atom is 0.330 e. The SMILES string of the molecule is CCOC(=O)/C=C/c1cnn(C[C@H](CCCc2ccccc2)[C@H](O[Si](C)(C)C(C)(C)C)c2cc(OC)c(C)c(OC)c2)c1. The molecule has 8 heteroatoms. The third kappa shape index (κ3) is 9.56. The van der Waals surface area contributed by atoms with Gasteiger partial charge in [-0.2, -0.15) is 5.10 Å². The molecule has 0 radical (unpaired) electrons. The van der Waals surface area contributed by atoms with Crippen LogP contribution in [0.5, 0.6) is 11.5 Å². The summed E-state index contributed by atoms with van der Waals surface area (Å²) in [6.45, 7) is 16.2. The molecule has 43 heavy (non-hydrogen) atoms. The van der Waals surface area contributed by atoms with E-state index in [0.717, 1.165) is 47.5 Å². The second-order valence-corrected chi connectivity index (χ2v) is 17.3. The molecule has 0 saturated heterocycles. The van der Waals surface area contributed by atoms with Crippen LogP contribution in [0.4, 0.5) is 0 Å². The second-order valence-electron chi connectivity index (χ2n) is 12.6. The highest BCUT2D eigenvalue weighted by atomic mass is 28.4. The van der Waals surface area contributed by atoms with Crippen LogP contribution >= 0.6 is 0 Å². The van der Waals surface area contributed by atoms with Crippen molar-refractivity contribution < 1.29 is 23.4 Å². The smallest absolute Gasteiger partial charge is 0.330 e. The van der Waals surface area contributed by atoms with Crippen molar-refractivity contribution in [1.82, 2.24) is 9.78 Å². The van der Waals surface area contributed by atoms with Gasteiger partial charge in [0.05, 0.1) is 33.1 Å². The van der Waals surface area contributed by atoms with E-state index >= 15 is 0 Å². The summed E-state index contributed by atoms with van der Waals surface area (Å²) in [5, 5.41) is 4.69. The topological polar surface area (TPSA) is 71.8 Å². The van der Waals surface area contributed by atoms with Gasteiger partial charge in [0.1, 0.15) is 11.5 Å². The second kappa shape index (κ2) is 15.4. The third-order valence-corrected chi connectivity index (χ3v) is 12.9. The van der Waals surface area contributed by atoms with Crippen LogP contribution in [0.1, 0.15) is 68.9 Å². The molecule has 2 atom stereocenters. The first kappa shape index (κ1) is 34.1. The van der Waals surface area contributed by atoms with E-state index in [2.05, 4.69) is 81.4 Å². The zero-order chi connectivity index (χ0) is 31.6. The Kier molecular flexibility index (Phi) is 12.2. The Hall–Kier alpha value is -3.36. The monoisotopic (exact) mass is 606 g/mol. The van der Waals surface area contributed by atoms with Gasteiger partial charge in [0, 0.05) is 35.9 Å². The van der Waals surface area contributed by atoms with Crippen molar-refractivity contribution in [2.75, 3.05) is 20.8 Å². The van der Waals surface area contributed by atoms with E-state index in [1.54, 1.807) is 33.4 Å². The fourth-order valence-electron chi connectivity index (χ4n) is 4.91. The van der Waals surface area contributed by atoms with Gasteiger partial charge >= 0.3 is 5.97 Å². The highest BCUT2D eigenvalue weighted by Gasteiger charge is 2.41. The number of methoxy groups -OCH3 is 2. The number of aromatic nitrogens is 2. The summed E-state index contributed by atoms with van der Waals surface area (Å²) >= 11 is 0. The highest BCUT2D eigenvalue weighted by molar-refractivity contribution is 6.74. The Labute approximate surface area is 259 Å². The van der Waals surface area contributed by atoms with E-state index in [0.29, 0.717) is 13.2 Å². The molecule has 0 N–H and O–H groups in total. The summed E-state index contributed by atoms with van der Waals surface area (Å²) in [5.41, 5.74) is 4.18. The summed E-state index contributed by atoms with van der Waals surface area (Å²) < 4.78 is 25.9. The maximum absolute atomic E-state index is 11.9. The van der Waals surface area contributed by atoms with Crippen LogP contribution in [0.3, 0.4) is 0 Å². The fourth-order valence-corrected chi connectivity index (χ4v) is 6.23. The molecule has 3 aromatic rings. The van der Waals surface area contributed by atoms with Crippen LogP contribution < -0.4 is 9.47 Å². The predicted octanol–water partition coefficient (Wildman–Crippen LogP) is 8.19. The quantitative estimate of drug-likeness (QED) is 0.0987. The zero-order valence-electron chi connectivity index (χ0n) is 27.5. The van der Waals surface area contributed by atoms with Crippen molar-refractivity contribution >= 4 is 20.4 Å². The molecule has 1 heterocycles. The molecule has 0 aliphatic carbocycles. The number of hydrogen-bond acceptors (Lipinski definition) is 6. The van der Waals surface area contributed by atoms with Crippen LogP contribution in [0.25, 0.3) is 6.08 Å². The van der Waals surface area contributed by atoms with Crippen molar-refractivity contribution in [3.63, 3.8) is 0 Å². The largest absolute Gasteiger partial charge is 0.496 e. The average molecular weight is 607 g/mol. The van der Waals surface area contributed by atoms with E-state index in [-0.39, 0.29) is 23.0 Å². The Balaban J connectivity index is 2.03. The lowest BCUT2D eigenvalue weighted by Gasteiger charge is -2.42. The molecule has 0 aliphatic heterocycles. The van der Waals surface area contributed by atoms with Crippen molar-refractivity contribution in [3.8, 4) is 11.5 Å². The molecule has 0 spiro atoms. The highest BCUT2D eigenvalue weighted by Crippen LogP contribution is 2.45. The molecule has 2 aromatic carbocycles. The van der Waals surface area contributed by atoms with Gasteiger partial charge in [-0.3, -0.25) is 4.68 Å². The lowest BCUT2D eigenvalue weighted by molar-refractivity contribution is -0.137.